The Hall–Kier alpha value is -3.23. The number of hydrogen-bond acceptors (Lipinski definition) is 6. The van der Waals surface area contributed by atoms with Gasteiger partial charge in [-0.1, -0.05) is 17.3 Å². The Labute approximate surface area is 130 Å². The molecule has 0 saturated carbocycles. The number of aromatic nitrogens is 2. The van der Waals surface area contributed by atoms with E-state index in [1.165, 1.54) is 26.3 Å². The molecule has 0 unspecified atom stereocenters. The fourth-order valence-corrected chi connectivity index (χ4v) is 1.72. The molecule has 1 aromatic carbocycles. The molecule has 9 heteroatoms. The van der Waals surface area contributed by atoms with E-state index < -0.39 is 23.2 Å². The Morgan fingerprint density at radius 2 is 2.13 bits per heavy atom. The Morgan fingerprint density at radius 1 is 1.39 bits per heavy atom. The summed E-state index contributed by atoms with van der Waals surface area (Å²) in [5.74, 6) is -2.13. The van der Waals surface area contributed by atoms with Crippen molar-refractivity contribution in [1.29, 1.82) is 0 Å². The molecule has 0 atom stereocenters. The molecule has 0 bridgehead atoms. The number of rotatable bonds is 5. The third-order valence-corrected chi connectivity index (χ3v) is 2.74. The Morgan fingerprint density at radius 3 is 2.83 bits per heavy atom. The predicted octanol–water partition coefficient (Wildman–Crippen LogP) is 0.798. The van der Waals surface area contributed by atoms with Crippen LogP contribution in [0.5, 0.6) is 11.6 Å². The molecule has 120 valence electrons. The molecule has 1 amide bonds. The van der Waals surface area contributed by atoms with Gasteiger partial charge in [-0.15, -0.1) is 0 Å². The summed E-state index contributed by atoms with van der Waals surface area (Å²) in [4.78, 5) is 33.5. The summed E-state index contributed by atoms with van der Waals surface area (Å²) in [5, 5.41) is 6.06. The van der Waals surface area contributed by atoms with E-state index in [9.17, 15) is 14.0 Å². The molecular weight excluding hydrogens is 307 g/mol. The van der Waals surface area contributed by atoms with Gasteiger partial charge < -0.3 is 19.9 Å². The topological polar surface area (TPSA) is 106 Å². The van der Waals surface area contributed by atoms with Crippen LogP contribution in [0.1, 0.15) is 5.56 Å². The van der Waals surface area contributed by atoms with Gasteiger partial charge in [-0.05, 0) is 12.1 Å². The molecule has 2 aromatic rings. The van der Waals surface area contributed by atoms with Crippen LogP contribution < -0.4 is 15.6 Å². The lowest BCUT2D eigenvalue weighted by Crippen LogP contribution is -2.29. The van der Waals surface area contributed by atoms with Gasteiger partial charge in [0.25, 0.3) is 17.3 Å². The highest BCUT2D eigenvalue weighted by Crippen LogP contribution is 2.25. The van der Waals surface area contributed by atoms with Crippen molar-refractivity contribution in [2.24, 2.45) is 5.16 Å². The molecule has 1 heterocycles. The summed E-state index contributed by atoms with van der Waals surface area (Å²) in [6.07, 6.45) is 1.01. The van der Waals surface area contributed by atoms with Crippen LogP contribution in [0.4, 0.5) is 4.39 Å². The second kappa shape index (κ2) is 7.16. The summed E-state index contributed by atoms with van der Waals surface area (Å²) < 4.78 is 19.0. The van der Waals surface area contributed by atoms with E-state index in [1.54, 1.807) is 12.1 Å². The Bertz CT molecular complexity index is 803. The van der Waals surface area contributed by atoms with Gasteiger partial charge in [0.1, 0.15) is 12.9 Å². The summed E-state index contributed by atoms with van der Waals surface area (Å²) in [6.45, 7) is 0. The third kappa shape index (κ3) is 3.51. The number of carbonyl (C=O) groups is 1. The number of nitrogens with zero attached hydrogens (tertiary/aromatic N) is 2. The second-order valence-corrected chi connectivity index (χ2v) is 4.15. The van der Waals surface area contributed by atoms with Crippen molar-refractivity contribution in [3.05, 3.63) is 52.3 Å². The van der Waals surface area contributed by atoms with Crippen LogP contribution in [-0.4, -0.2) is 35.7 Å². The molecule has 2 N–H and O–H groups in total. The predicted molar refractivity (Wildman–Crippen MR) is 78.9 cm³/mol. The summed E-state index contributed by atoms with van der Waals surface area (Å²) in [7, 11) is 2.71. The van der Waals surface area contributed by atoms with Gasteiger partial charge in [0.2, 0.25) is 5.82 Å². The van der Waals surface area contributed by atoms with Crippen LogP contribution in [0.25, 0.3) is 0 Å². The number of likely N-dealkylation sites (N-methyl/N-ethyl adjacent to an activating group) is 1. The lowest BCUT2D eigenvalue weighted by molar-refractivity contribution is -0.114. The first-order valence-electron chi connectivity index (χ1n) is 6.42. The second-order valence-electron chi connectivity index (χ2n) is 4.15. The minimum absolute atomic E-state index is 0.0733. The molecule has 0 spiro atoms. The summed E-state index contributed by atoms with van der Waals surface area (Å²) >= 11 is 0. The average molecular weight is 320 g/mol. The maximum Gasteiger partial charge on any atom is 0.290 e. The number of nitrogens with one attached hydrogen (secondary N) is 2. The van der Waals surface area contributed by atoms with Gasteiger partial charge in [0, 0.05) is 7.05 Å². The van der Waals surface area contributed by atoms with Crippen molar-refractivity contribution in [2.75, 3.05) is 14.2 Å². The molecule has 23 heavy (non-hydrogen) atoms. The number of aromatic amines is 1. The number of ether oxygens (including phenoxy) is 1. The van der Waals surface area contributed by atoms with Gasteiger partial charge in [0.15, 0.2) is 5.71 Å². The van der Waals surface area contributed by atoms with Crippen molar-refractivity contribution in [3.63, 3.8) is 0 Å². The molecule has 0 aliphatic rings. The Balaban J connectivity index is 2.49. The number of carbonyl (C=O) groups excluding carboxylic acids is 1. The molecule has 1 aromatic heterocycles. The number of halogens is 1. The highest BCUT2D eigenvalue weighted by molar-refractivity contribution is 6.45. The fraction of sp³-hybridized carbons (Fsp3) is 0.143. The number of H-pyrrole nitrogens is 1. The van der Waals surface area contributed by atoms with Crippen LogP contribution in [0.15, 0.2) is 40.5 Å². The first-order valence-corrected chi connectivity index (χ1v) is 6.42. The van der Waals surface area contributed by atoms with Crippen LogP contribution >= 0.6 is 0 Å². The molecule has 0 aliphatic carbocycles. The van der Waals surface area contributed by atoms with Crippen LogP contribution in [-0.2, 0) is 9.63 Å². The van der Waals surface area contributed by atoms with Gasteiger partial charge in [-0.2, -0.15) is 4.39 Å². The van der Waals surface area contributed by atoms with Crippen LogP contribution in [0, 0.1) is 5.82 Å². The normalized spacial score (nSPS) is 11.0. The first kappa shape index (κ1) is 16.1. The van der Waals surface area contributed by atoms with E-state index in [4.69, 9.17) is 4.74 Å². The van der Waals surface area contributed by atoms with Gasteiger partial charge in [0.05, 0.1) is 11.9 Å². The molecule has 0 saturated heterocycles. The maximum absolute atomic E-state index is 13.7. The monoisotopic (exact) mass is 320 g/mol. The Kier molecular flexibility index (Phi) is 5.03. The quantitative estimate of drug-likeness (QED) is 0.626. The number of hydrogen-bond donors (Lipinski definition) is 2. The van der Waals surface area contributed by atoms with Crippen molar-refractivity contribution in [3.8, 4) is 11.6 Å². The van der Waals surface area contributed by atoms with Crippen LogP contribution in [0.3, 0.4) is 0 Å². The number of para-hydroxylation sites is 1. The zero-order chi connectivity index (χ0) is 16.8. The maximum atomic E-state index is 13.7. The average Bonchev–Trinajstić information content (AvgIpc) is 2.57. The van der Waals surface area contributed by atoms with Gasteiger partial charge in [-0.25, -0.2) is 4.98 Å². The molecule has 0 aliphatic heterocycles. The van der Waals surface area contributed by atoms with E-state index in [0.717, 1.165) is 6.33 Å². The van der Waals surface area contributed by atoms with Crippen LogP contribution in [0.2, 0.25) is 0 Å². The summed E-state index contributed by atoms with van der Waals surface area (Å²) in [5.41, 5.74) is -0.796. The lowest BCUT2D eigenvalue weighted by Gasteiger charge is -2.11. The van der Waals surface area contributed by atoms with Gasteiger partial charge in [-0.3, -0.25) is 9.59 Å². The molecular formula is C14H13FN4O4. The van der Waals surface area contributed by atoms with Crippen molar-refractivity contribution >= 4 is 11.6 Å². The van der Waals surface area contributed by atoms with Crippen molar-refractivity contribution in [1.82, 2.24) is 15.3 Å². The molecule has 0 radical (unpaired) electrons. The first-order chi connectivity index (χ1) is 11.1. The largest absolute Gasteiger partial charge is 0.436 e. The fourth-order valence-electron chi connectivity index (χ4n) is 1.72. The standard InChI is InChI=1S/C14H13FN4O4/c1-16-13(21)11(19-22-2)8-5-3-4-6-9(8)23-14-10(15)12(20)17-7-18-14/h3-7H,1-2H3,(H,16,21)(H,17,18,20)/b19-11+. The van der Waals surface area contributed by atoms with E-state index in [2.05, 4.69) is 25.3 Å². The van der Waals surface area contributed by atoms with Crippen molar-refractivity contribution in [2.45, 2.75) is 0 Å². The number of oxime groups is 1. The minimum Gasteiger partial charge on any atom is -0.436 e. The molecule has 2 rings (SSSR count). The van der Waals surface area contributed by atoms with Crippen molar-refractivity contribution < 1.29 is 18.8 Å². The van der Waals surface area contributed by atoms with E-state index in [-0.39, 0.29) is 17.0 Å². The lowest BCUT2D eigenvalue weighted by atomic mass is 10.1. The highest BCUT2D eigenvalue weighted by Gasteiger charge is 2.20. The SMILES string of the molecule is CNC(=O)/C(=N/OC)c1ccccc1Oc1nc[nH]c(=O)c1F. The highest BCUT2D eigenvalue weighted by atomic mass is 19.1. The molecule has 0 fully saturated rings. The zero-order valence-electron chi connectivity index (χ0n) is 12.3. The van der Waals surface area contributed by atoms with Gasteiger partial charge >= 0.3 is 0 Å². The number of benzene rings is 1. The van der Waals surface area contributed by atoms with E-state index >= 15 is 0 Å². The minimum atomic E-state index is -1.17. The third-order valence-electron chi connectivity index (χ3n) is 2.74. The smallest absolute Gasteiger partial charge is 0.290 e. The summed E-state index contributed by atoms with van der Waals surface area (Å²) in [6, 6.07) is 6.26. The zero-order valence-corrected chi connectivity index (χ0v) is 12.3. The number of amides is 1. The van der Waals surface area contributed by atoms with E-state index in [0.29, 0.717) is 0 Å². The van der Waals surface area contributed by atoms with E-state index in [1.807, 2.05) is 0 Å². The molecule has 8 nitrogen and oxygen atoms in total.